The zero-order valence-corrected chi connectivity index (χ0v) is 24.1. The van der Waals surface area contributed by atoms with Gasteiger partial charge in [0, 0.05) is 35.1 Å². The molecule has 2 aromatic heterocycles. The third-order valence-electron chi connectivity index (χ3n) is 7.13. The molecule has 0 N–H and O–H groups in total. The van der Waals surface area contributed by atoms with Crippen LogP contribution in [0.1, 0.15) is 34.0 Å². The minimum atomic E-state index is -4.00. The van der Waals surface area contributed by atoms with Gasteiger partial charge in [0.1, 0.15) is 5.75 Å². The van der Waals surface area contributed by atoms with Crippen molar-refractivity contribution in [2.75, 3.05) is 5.75 Å². The highest BCUT2D eigenvalue weighted by molar-refractivity contribution is 7.92. The molecule has 202 valence electrons. The summed E-state index contributed by atoms with van der Waals surface area (Å²) in [7, 11) is -4.00. The third kappa shape index (κ3) is 5.10. The Labute approximate surface area is 242 Å². The Bertz CT molecular complexity index is 1840. The van der Waals surface area contributed by atoms with Crippen LogP contribution in [0.25, 0.3) is 10.9 Å². The maximum Gasteiger partial charge on any atom is 0.258 e. The van der Waals surface area contributed by atoms with E-state index < -0.39 is 21.5 Å². The lowest BCUT2D eigenvalue weighted by molar-refractivity contribution is -0.130. The molecule has 1 atom stereocenters. The highest BCUT2D eigenvalue weighted by atomic mass is 35.5. The first kappa shape index (κ1) is 26.5. The van der Waals surface area contributed by atoms with Crippen LogP contribution in [0.4, 0.5) is 0 Å². The average molecular weight is 588 g/mol. The van der Waals surface area contributed by atoms with Crippen LogP contribution in [0.2, 0.25) is 5.02 Å². The molecule has 6 nitrogen and oxygen atoms in total. The van der Waals surface area contributed by atoms with E-state index in [0.29, 0.717) is 23.4 Å². The summed E-state index contributed by atoms with van der Waals surface area (Å²) in [5, 5.41) is 9.15. The number of rotatable bonds is 7. The molecule has 0 spiro atoms. The number of carbonyl (C=O) groups excluding carboxylic acids is 1. The maximum absolute atomic E-state index is 13.8. The Kier molecular flexibility index (Phi) is 7.08. The Hall–Kier alpha value is -3.72. The van der Waals surface area contributed by atoms with Gasteiger partial charge in [-0.1, -0.05) is 83.9 Å². The van der Waals surface area contributed by atoms with Gasteiger partial charge in [-0.05, 0) is 41.6 Å². The molecule has 0 radical (unpaired) electrons. The van der Waals surface area contributed by atoms with Gasteiger partial charge in [0.25, 0.3) is 5.91 Å². The minimum Gasteiger partial charge on any atom is -0.342 e. The number of nitrogens with zero attached hydrogens (tertiary/aromatic N) is 3. The molecule has 3 heterocycles. The van der Waals surface area contributed by atoms with Crippen molar-refractivity contribution in [2.45, 2.75) is 30.8 Å². The van der Waals surface area contributed by atoms with E-state index in [1.54, 1.807) is 29.7 Å². The first-order chi connectivity index (χ1) is 19.3. The topological polar surface area (TPSA) is 71.7 Å². The minimum absolute atomic E-state index is 0.122. The number of hydrogen-bond donors (Lipinski definition) is 0. The van der Waals surface area contributed by atoms with Crippen LogP contribution in [-0.2, 0) is 21.2 Å². The van der Waals surface area contributed by atoms with E-state index in [-0.39, 0.29) is 10.9 Å². The number of carbonyl (C=O) groups is 1. The fraction of sp³-hybridized carbons (Fsp3) is 0.161. The van der Waals surface area contributed by atoms with Crippen LogP contribution in [-0.4, -0.2) is 35.4 Å². The van der Waals surface area contributed by atoms with Crippen molar-refractivity contribution in [3.8, 4) is 0 Å². The van der Waals surface area contributed by atoms with Crippen molar-refractivity contribution in [3.63, 3.8) is 0 Å². The molecular weight excluding hydrogens is 562 g/mol. The second kappa shape index (κ2) is 10.7. The molecule has 1 aliphatic rings. The smallest absolute Gasteiger partial charge is 0.258 e. The van der Waals surface area contributed by atoms with Gasteiger partial charge in [0.05, 0.1) is 21.5 Å². The number of thiophene rings is 1. The number of aromatic nitrogens is 1. The Morgan fingerprint density at radius 2 is 1.75 bits per heavy atom. The van der Waals surface area contributed by atoms with E-state index >= 15 is 0 Å². The van der Waals surface area contributed by atoms with E-state index in [9.17, 15) is 13.2 Å². The van der Waals surface area contributed by atoms with Crippen LogP contribution in [0.15, 0.2) is 107 Å². The molecule has 5 aromatic rings. The average Bonchev–Trinajstić information content (AvgIpc) is 3.70. The van der Waals surface area contributed by atoms with Crippen molar-refractivity contribution in [2.24, 2.45) is 5.10 Å². The van der Waals surface area contributed by atoms with E-state index in [2.05, 4.69) is 5.10 Å². The van der Waals surface area contributed by atoms with E-state index in [0.717, 1.165) is 32.8 Å². The molecule has 9 heteroatoms. The quantitative estimate of drug-likeness (QED) is 0.209. The van der Waals surface area contributed by atoms with E-state index in [1.165, 1.54) is 5.01 Å². The molecule has 40 heavy (non-hydrogen) atoms. The molecule has 3 aromatic carbocycles. The van der Waals surface area contributed by atoms with Crippen LogP contribution in [0, 0.1) is 6.92 Å². The van der Waals surface area contributed by atoms with Gasteiger partial charge >= 0.3 is 0 Å². The number of aryl methyl sites for hydroxylation is 1. The third-order valence-corrected chi connectivity index (χ3v) is 10.0. The zero-order valence-electron chi connectivity index (χ0n) is 21.7. The van der Waals surface area contributed by atoms with Crippen LogP contribution < -0.4 is 0 Å². The van der Waals surface area contributed by atoms with Gasteiger partial charge in [-0.25, -0.2) is 13.4 Å². The molecule has 1 unspecified atom stereocenters. The van der Waals surface area contributed by atoms with Gasteiger partial charge in [-0.3, -0.25) is 4.79 Å². The summed E-state index contributed by atoms with van der Waals surface area (Å²) in [5.74, 6) is -1.24. The Morgan fingerprint density at radius 3 is 2.50 bits per heavy atom. The number of hydrazone groups is 1. The van der Waals surface area contributed by atoms with Gasteiger partial charge in [-0.15, -0.1) is 11.3 Å². The maximum atomic E-state index is 13.8. The summed E-state index contributed by atoms with van der Waals surface area (Å²) < 4.78 is 29.5. The van der Waals surface area contributed by atoms with Gasteiger partial charge in [0.15, 0.2) is 9.84 Å². The summed E-state index contributed by atoms with van der Waals surface area (Å²) in [6, 6.07) is 26.3. The van der Waals surface area contributed by atoms with Crippen molar-refractivity contribution in [1.82, 2.24) is 9.58 Å². The first-order valence-corrected chi connectivity index (χ1v) is 15.8. The molecule has 0 saturated heterocycles. The Morgan fingerprint density at radius 1 is 1.00 bits per heavy atom. The molecule has 0 bridgehead atoms. The molecule has 6 rings (SSSR count). The first-order valence-electron chi connectivity index (χ1n) is 12.8. The second-order valence-corrected chi connectivity index (χ2v) is 13.2. The predicted molar refractivity (Wildman–Crippen MR) is 161 cm³/mol. The molecule has 1 aliphatic heterocycles. The van der Waals surface area contributed by atoms with Crippen LogP contribution in [0.3, 0.4) is 0 Å². The number of benzene rings is 3. The lowest BCUT2D eigenvalue weighted by Gasteiger charge is -2.22. The normalized spacial score (nSPS) is 15.5. The largest absolute Gasteiger partial charge is 0.342 e. The second-order valence-electron chi connectivity index (χ2n) is 9.88. The van der Waals surface area contributed by atoms with E-state index in [4.69, 9.17) is 11.6 Å². The predicted octanol–water partition coefficient (Wildman–Crippen LogP) is 6.86. The molecular formula is C31H26ClN3O3S2. The SMILES string of the molecule is Cc1ccc(C2CC(c3cccs3)=NN2C(=O)CS(=O)(=O)c2cn(Cc3ccccc3Cl)c3ccccc23)cc1. The van der Waals surface area contributed by atoms with Gasteiger partial charge in [-0.2, -0.15) is 5.10 Å². The molecule has 0 saturated carbocycles. The van der Waals surface area contributed by atoms with Crippen molar-refractivity contribution in [1.29, 1.82) is 0 Å². The fourth-order valence-electron chi connectivity index (χ4n) is 5.09. The van der Waals surface area contributed by atoms with Crippen LogP contribution in [0.5, 0.6) is 0 Å². The molecule has 0 aliphatic carbocycles. The zero-order chi connectivity index (χ0) is 27.9. The summed E-state index contributed by atoms with van der Waals surface area (Å²) in [5.41, 5.74) is 4.43. The molecule has 1 amide bonds. The highest BCUT2D eigenvalue weighted by Crippen LogP contribution is 2.35. The number of para-hydroxylation sites is 1. The van der Waals surface area contributed by atoms with Crippen molar-refractivity contribution < 1.29 is 13.2 Å². The van der Waals surface area contributed by atoms with Crippen LogP contribution >= 0.6 is 22.9 Å². The number of hydrogen-bond acceptors (Lipinski definition) is 5. The number of amides is 1. The standard InChI is InChI=1S/C31H26ClN3O3S2/c1-21-12-14-22(15-13-21)28-17-26(29-11-6-16-39-29)33-35(28)31(36)20-40(37,38)30-19-34(27-10-5-3-8-24(27)30)18-23-7-2-4-9-25(23)32/h2-16,19,28H,17-18,20H2,1H3. The van der Waals surface area contributed by atoms with Crippen molar-refractivity contribution >= 4 is 55.3 Å². The monoisotopic (exact) mass is 587 g/mol. The summed E-state index contributed by atoms with van der Waals surface area (Å²) in [6.07, 6.45) is 2.13. The lowest BCUT2D eigenvalue weighted by atomic mass is 10.00. The molecule has 0 fully saturated rings. The fourth-order valence-corrected chi connectivity index (χ4v) is 7.41. The number of halogens is 1. The number of sulfone groups is 1. The van der Waals surface area contributed by atoms with E-state index in [1.807, 2.05) is 89.7 Å². The van der Waals surface area contributed by atoms with Crippen molar-refractivity contribution in [3.05, 3.63) is 123 Å². The van der Waals surface area contributed by atoms with Gasteiger partial charge < -0.3 is 4.57 Å². The summed E-state index contributed by atoms with van der Waals surface area (Å²) in [4.78, 5) is 14.8. The highest BCUT2D eigenvalue weighted by Gasteiger charge is 2.36. The summed E-state index contributed by atoms with van der Waals surface area (Å²) in [6.45, 7) is 2.41. The lowest BCUT2D eigenvalue weighted by Crippen LogP contribution is -2.32. The van der Waals surface area contributed by atoms with Gasteiger partial charge in [0.2, 0.25) is 0 Å². The Balaban J connectivity index is 1.34. The number of fused-ring (bicyclic) bond motifs is 1. The summed E-state index contributed by atoms with van der Waals surface area (Å²) >= 11 is 7.94.